The van der Waals surface area contributed by atoms with E-state index in [0.29, 0.717) is 35.3 Å². The molecule has 0 aliphatic carbocycles. The predicted molar refractivity (Wildman–Crippen MR) is 67.8 cm³/mol. The van der Waals surface area contributed by atoms with Crippen molar-refractivity contribution in [2.45, 2.75) is 6.92 Å². The highest BCUT2D eigenvalue weighted by atomic mass is 35.5. The number of rotatable bonds is 1. The van der Waals surface area contributed by atoms with Crippen molar-refractivity contribution in [2.24, 2.45) is 0 Å². The quantitative estimate of drug-likeness (QED) is 0.723. The molecule has 0 atom stereocenters. The minimum atomic E-state index is -0.775. The number of carbonyl (C=O) groups is 1. The molecule has 92 valence electrons. The molecular weight excluding hydrogens is 260 g/mol. The molecule has 0 unspecified atom stereocenters. The van der Waals surface area contributed by atoms with Crippen molar-refractivity contribution in [1.82, 2.24) is 9.88 Å². The predicted octanol–water partition coefficient (Wildman–Crippen LogP) is 1.25. The minimum absolute atomic E-state index is 0.0610. The lowest BCUT2D eigenvalue weighted by atomic mass is 10.2. The van der Waals surface area contributed by atoms with E-state index in [1.807, 2.05) is 0 Å². The van der Waals surface area contributed by atoms with Crippen LogP contribution in [0.15, 0.2) is 12.1 Å². The van der Waals surface area contributed by atoms with Gasteiger partial charge >= 0.3 is 0 Å². The lowest BCUT2D eigenvalue weighted by Crippen LogP contribution is -2.41. The van der Waals surface area contributed by atoms with E-state index in [4.69, 9.17) is 11.6 Å². The number of hydrogen-bond donors (Lipinski definition) is 0. The lowest BCUT2D eigenvalue weighted by molar-refractivity contribution is 0.0771. The standard InChI is InChI=1S/C11H13ClN2O2S/c1-8-6-9(7-10(12)13-8)11(15)14-2-4-17(16)5-3-14/h6-7H,2-5H2,1H3. The van der Waals surface area contributed by atoms with E-state index in [9.17, 15) is 9.00 Å². The fourth-order valence-electron chi connectivity index (χ4n) is 1.78. The van der Waals surface area contributed by atoms with Crippen molar-refractivity contribution in [3.8, 4) is 0 Å². The largest absolute Gasteiger partial charge is 0.337 e. The molecule has 2 heterocycles. The summed E-state index contributed by atoms with van der Waals surface area (Å²) in [6.45, 7) is 2.89. The Kier molecular flexibility index (Phi) is 3.79. The third-order valence-electron chi connectivity index (χ3n) is 2.63. The molecule has 1 amide bonds. The van der Waals surface area contributed by atoms with E-state index in [1.54, 1.807) is 24.0 Å². The Bertz CT molecular complexity index is 448. The summed E-state index contributed by atoms with van der Waals surface area (Å²) in [6.07, 6.45) is 0. The van der Waals surface area contributed by atoms with Gasteiger partial charge in [-0.05, 0) is 19.1 Å². The molecule has 17 heavy (non-hydrogen) atoms. The Morgan fingerprint density at radius 3 is 2.65 bits per heavy atom. The van der Waals surface area contributed by atoms with Crippen LogP contribution < -0.4 is 0 Å². The molecule has 0 aromatic carbocycles. The molecule has 0 radical (unpaired) electrons. The first-order valence-electron chi connectivity index (χ1n) is 5.35. The van der Waals surface area contributed by atoms with Gasteiger partial charge in [0.1, 0.15) is 5.15 Å². The summed E-state index contributed by atoms with van der Waals surface area (Å²) in [5, 5.41) is 0.328. The highest BCUT2D eigenvalue weighted by molar-refractivity contribution is 7.85. The first-order chi connectivity index (χ1) is 8.06. The SMILES string of the molecule is Cc1cc(C(=O)N2CCS(=O)CC2)cc(Cl)n1. The second-order valence-electron chi connectivity index (χ2n) is 3.96. The van der Waals surface area contributed by atoms with Gasteiger partial charge in [-0.1, -0.05) is 11.6 Å². The van der Waals surface area contributed by atoms with E-state index in [-0.39, 0.29) is 5.91 Å². The molecule has 0 saturated carbocycles. The Balaban J connectivity index is 2.16. The Morgan fingerprint density at radius 2 is 2.06 bits per heavy atom. The number of carbonyl (C=O) groups excluding carboxylic acids is 1. The maximum atomic E-state index is 12.2. The molecule has 1 aliphatic rings. The monoisotopic (exact) mass is 272 g/mol. The van der Waals surface area contributed by atoms with Crippen LogP contribution in [0.2, 0.25) is 5.15 Å². The van der Waals surface area contributed by atoms with Gasteiger partial charge in [-0.3, -0.25) is 9.00 Å². The Morgan fingerprint density at radius 1 is 1.41 bits per heavy atom. The average Bonchev–Trinajstić information content (AvgIpc) is 2.28. The van der Waals surface area contributed by atoms with Crippen LogP contribution in [-0.2, 0) is 10.8 Å². The van der Waals surface area contributed by atoms with Crippen molar-refractivity contribution in [1.29, 1.82) is 0 Å². The molecule has 1 saturated heterocycles. The van der Waals surface area contributed by atoms with Gasteiger partial charge in [0, 0.05) is 46.7 Å². The van der Waals surface area contributed by atoms with Crippen LogP contribution in [0.25, 0.3) is 0 Å². The van der Waals surface area contributed by atoms with Crippen LogP contribution in [0, 0.1) is 6.92 Å². The van der Waals surface area contributed by atoms with Gasteiger partial charge in [-0.25, -0.2) is 4.98 Å². The Hall–Kier alpha value is -0.940. The molecule has 0 bridgehead atoms. The van der Waals surface area contributed by atoms with Crippen LogP contribution >= 0.6 is 11.6 Å². The second kappa shape index (κ2) is 5.14. The zero-order valence-corrected chi connectivity index (χ0v) is 11.1. The second-order valence-corrected chi connectivity index (χ2v) is 6.04. The van der Waals surface area contributed by atoms with Crippen molar-refractivity contribution < 1.29 is 9.00 Å². The highest BCUT2D eigenvalue weighted by Crippen LogP contribution is 2.14. The average molecular weight is 273 g/mol. The normalized spacial score (nSPS) is 17.2. The molecule has 1 aliphatic heterocycles. The third-order valence-corrected chi connectivity index (χ3v) is 4.10. The molecule has 0 N–H and O–H groups in total. The lowest BCUT2D eigenvalue weighted by Gasteiger charge is -2.26. The zero-order chi connectivity index (χ0) is 12.4. The number of pyridine rings is 1. The topological polar surface area (TPSA) is 50.3 Å². The van der Waals surface area contributed by atoms with E-state index in [1.165, 1.54) is 0 Å². The maximum absolute atomic E-state index is 12.2. The summed E-state index contributed by atoms with van der Waals surface area (Å²) in [7, 11) is -0.775. The van der Waals surface area contributed by atoms with Crippen molar-refractivity contribution in [3.63, 3.8) is 0 Å². The first kappa shape index (κ1) is 12.5. The van der Waals surface area contributed by atoms with Gasteiger partial charge in [0.2, 0.25) is 0 Å². The minimum Gasteiger partial charge on any atom is -0.337 e. The van der Waals surface area contributed by atoms with E-state index in [0.717, 1.165) is 5.69 Å². The molecule has 1 fully saturated rings. The van der Waals surface area contributed by atoms with Gasteiger partial charge in [0.05, 0.1) is 0 Å². The first-order valence-corrected chi connectivity index (χ1v) is 7.21. The molecule has 0 spiro atoms. The van der Waals surface area contributed by atoms with Gasteiger partial charge in [0.25, 0.3) is 5.91 Å². The van der Waals surface area contributed by atoms with Crippen molar-refractivity contribution in [3.05, 3.63) is 28.5 Å². The van der Waals surface area contributed by atoms with Gasteiger partial charge in [-0.15, -0.1) is 0 Å². The molecular formula is C11H13ClN2O2S. The molecule has 6 heteroatoms. The van der Waals surface area contributed by atoms with Crippen molar-refractivity contribution in [2.75, 3.05) is 24.6 Å². The van der Waals surface area contributed by atoms with Crippen LogP contribution in [-0.4, -0.2) is 44.6 Å². The van der Waals surface area contributed by atoms with Gasteiger partial charge < -0.3 is 4.90 Å². The zero-order valence-electron chi connectivity index (χ0n) is 9.48. The summed E-state index contributed by atoms with van der Waals surface area (Å²) in [5.74, 6) is 1.06. The summed E-state index contributed by atoms with van der Waals surface area (Å²) in [5.41, 5.74) is 1.27. The van der Waals surface area contributed by atoms with E-state index >= 15 is 0 Å². The number of aryl methyl sites for hydroxylation is 1. The fraction of sp³-hybridized carbons (Fsp3) is 0.455. The smallest absolute Gasteiger partial charge is 0.254 e. The highest BCUT2D eigenvalue weighted by Gasteiger charge is 2.21. The third kappa shape index (κ3) is 3.04. The number of amides is 1. The summed E-state index contributed by atoms with van der Waals surface area (Å²) in [6, 6.07) is 3.29. The van der Waals surface area contributed by atoms with Crippen LogP contribution in [0.1, 0.15) is 16.1 Å². The molecule has 1 aromatic rings. The van der Waals surface area contributed by atoms with Gasteiger partial charge in [0.15, 0.2) is 0 Å². The fourth-order valence-corrected chi connectivity index (χ4v) is 3.08. The van der Waals surface area contributed by atoms with Crippen LogP contribution in [0.5, 0.6) is 0 Å². The number of nitrogens with zero attached hydrogens (tertiary/aromatic N) is 2. The molecule has 4 nitrogen and oxygen atoms in total. The van der Waals surface area contributed by atoms with Crippen LogP contribution in [0.3, 0.4) is 0 Å². The number of hydrogen-bond acceptors (Lipinski definition) is 3. The van der Waals surface area contributed by atoms with Crippen LogP contribution in [0.4, 0.5) is 0 Å². The van der Waals surface area contributed by atoms with E-state index in [2.05, 4.69) is 4.98 Å². The molecule has 1 aromatic heterocycles. The van der Waals surface area contributed by atoms with Crippen molar-refractivity contribution >= 4 is 28.3 Å². The summed E-state index contributed by atoms with van der Waals surface area (Å²) in [4.78, 5) is 17.9. The number of halogens is 1. The maximum Gasteiger partial charge on any atom is 0.254 e. The Labute approximate surface area is 107 Å². The summed E-state index contributed by atoms with van der Waals surface area (Å²) >= 11 is 5.83. The molecule has 2 rings (SSSR count). The number of aromatic nitrogens is 1. The van der Waals surface area contributed by atoms with Gasteiger partial charge in [-0.2, -0.15) is 0 Å². The van der Waals surface area contributed by atoms with E-state index < -0.39 is 10.8 Å². The summed E-state index contributed by atoms with van der Waals surface area (Å²) < 4.78 is 11.2.